The van der Waals surface area contributed by atoms with Crippen LogP contribution in [0.15, 0.2) is 96.6 Å². The summed E-state index contributed by atoms with van der Waals surface area (Å²) in [5.74, 6) is 0. The third-order valence-corrected chi connectivity index (χ3v) is 4.86. The summed E-state index contributed by atoms with van der Waals surface area (Å²) in [6.07, 6.45) is 0. The Morgan fingerprint density at radius 1 is 0.731 bits per heavy atom. The standard InChI is InChI=1S/C23H19NO2/c1-17-21(18-11-5-2-6-12-18)23(25,20-15-9-4-10-16-20)24(26)22(17)19-13-7-3-8-14-19/h2-16,25H,1H3/t23-/m0/s1. The molecule has 3 nitrogen and oxygen atoms in total. The Bertz CT molecular complexity index is 992. The van der Waals surface area contributed by atoms with Gasteiger partial charge in [-0.05, 0) is 36.8 Å². The van der Waals surface area contributed by atoms with E-state index in [9.17, 15) is 10.3 Å². The van der Waals surface area contributed by atoms with Crippen molar-refractivity contribution in [3.63, 3.8) is 0 Å². The Balaban J connectivity index is 2.03. The molecule has 3 aromatic carbocycles. The fraction of sp³-hybridized carbons (Fsp3) is 0.0870. The molecule has 0 fully saturated rings. The fourth-order valence-electron chi connectivity index (χ4n) is 3.68. The lowest BCUT2D eigenvalue weighted by molar-refractivity contribution is -0.591. The predicted molar refractivity (Wildman–Crippen MR) is 104 cm³/mol. The summed E-state index contributed by atoms with van der Waals surface area (Å²) in [5.41, 5.74) is 2.32. The average Bonchev–Trinajstić information content (AvgIpc) is 2.90. The van der Waals surface area contributed by atoms with Crippen molar-refractivity contribution < 1.29 is 9.85 Å². The Morgan fingerprint density at radius 3 is 1.73 bits per heavy atom. The van der Waals surface area contributed by atoms with Crippen molar-refractivity contribution in [1.82, 2.24) is 0 Å². The molecule has 0 aliphatic carbocycles. The maximum Gasteiger partial charge on any atom is 0.330 e. The van der Waals surface area contributed by atoms with Crippen LogP contribution in [0.5, 0.6) is 0 Å². The van der Waals surface area contributed by atoms with Gasteiger partial charge in [0.15, 0.2) is 0 Å². The minimum absolute atomic E-state index is 0.496. The fourth-order valence-corrected chi connectivity index (χ4v) is 3.68. The molecule has 0 saturated carbocycles. The van der Waals surface area contributed by atoms with Gasteiger partial charge in [-0.1, -0.05) is 66.7 Å². The highest BCUT2D eigenvalue weighted by Crippen LogP contribution is 2.44. The molecular formula is C23H19NO2. The second-order valence-corrected chi connectivity index (χ2v) is 6.41. The monoisotopic (exact) mass is 341 g/mol. The zero-order valence-electron chi connectivity index (χ0n) is 14.5. The van der Waals surface area contributed by atoms with Crippen molar-refractivity contribution in [2.75, 3.05) is 0 Å². The number of benzene rings is 3. The van der Waals surface area contributed by atoms with Gasteiger partial charge in [0.05, 0.1) is 11.1 Å². The number of allylic oxidation sites excluding steroid dienone is 1. The van der Waals surface area contributed by atoms with Crippen LogP contribution in [-0.2, 0) is 5.72 Å². The summed E-state index contributed by atoms with van der Waals surface area (Å²) in [6.45, 7) is 1.90. The number of hydrogen-bond donors (Lipinski definition) is 1. The van der Waals surface area contributed by atoms with Crippen LogP contribution in [-0.4, -0.2) is 15.6 Å². The first-order valence-electron chi connectivity index (χ1n) is 8.59. The molecule has 0 unspecified atom stereocenters. The highest BCUT2D eigenvalue weighted by molar-refractivity contribution is 6.16. The number of rotatable bonds is 3. The molecule has 0 bridgehead atoms. The smallest absolute Gasteiger partial charge is 0.330 e. The zero-order valence-corrected chi connectivity index (χ0v) is 14.5. The van der Waals surface area contributed by atoms with E-state index in [1.54, 1.807) is 12.1 Å². The molecule has 0 aromatic heterocycles. The zero-order chi connectivity index (χ0) is 18.1. The van der Waals surface area contributed by atoms with E-state index >= 15 is 0 Å². The minimum atomic E-state index is -1.77. The molecule has 1 aliphatic rings. The van der Waals surface area contributed by atoms with Crippen molar-refractivity contribution in [2.24, 2.45) is 0 Å². The average molecular weight is 341 g/mol. The van der Waals surface area contributed by atoms with E-state index in [2.05, 4.69) is 0 Å². The second-order valence-electron chi connectivity index (χ2n) is 6.41. The lowest BCUT2D eigenvalue weighted by Gasteiger charge is -2.26. The quantitative estimate of drug-likeness (QED) is 0.570. The first-order valence-corrected chi connectivity index (χ1v) is 8.59. The van der Waals surface area contributed by atoms with Crippen LogP contribution in [0.3, 0.4) is 0 Å². The number of aliphatic hydroxyl groups is 1. The summed E-state index contributed by atoms with van der Waals surface area (Å²) < 4.78 is 0.745. The number of hydroxylamine groups is 1. The molecule has 3 aromatic rings. The number of nitrogens with zero attached hydrogens (tertiary/aromatic N) is 1. The molecule has 0 amide bonds. The molecule has 1 aliphatic heterocycles. The first-order chi connectivity index (χ1) is 12.6. The SMILES string of the molecule is CC1=C(c2ccccc2)[C@@](O)(c2ccccc2)[N+]([O-])=C1c1ccccc1. The Morgan fingerprint density at radius 2 is 1.19 bits per heavy atom. The van der Waals surface area contributed by atoms with E-state index in [0.29, 0.717) is 16.8 Å². The summed E-state index contributed by atoms with van der Waals surface area (Å²) in [7, 11) is 0. The van der Waals surface area contributed by atoms with Gasteiger partial charge in [-0.25, -0.2) is 0 Å². The van der Waals surface area contributed by atoms with Crippen LogP contribution in [0.1, 0.15) is 23.6 Å². The minimum Gasteiger partial charge on any atom is -0.621 e. The molecule has 4 rings (SSSR count). The lowest BCUT2D eigenvalue weighted by Crippen LogP contribution is -2.36. The highest BCUT2D eigenvalue weighted by atomic mass is 16.5. The van der Waals surface area contributed by atoms with E-state index < -0.39 is 5.72 Å². The molecule has 1 N–H and O–H groups in total. The van der Waals surface area contributed by atoms with Crippen LogP contribution in [0.2, 0.25) is 0 Å². The van der Waals surface area contributed by atoms with Crippen LogP contribution >= 0.6 is 0 Å². The Kier molecular flexibility index (Phi) is 3.94. The topological polar surface area (TPSA) is 46.3 Å². The van der Waals surface area contributed by atoms with Crippen molar-refractivity contribution >= 4 is 11.3 Å². The van der Waals surface area contributed by atoms with E-state index in [1.807, 2.05) is 85.8 Å². The summed E-state index contributed by atoms with van der Waals surface area (Å²) >= 11 is 0. The maximum atomic E-state index is 13.4. The van der Waals surface area contributed by atoms with Gasteiger partial charge in [-0.2, -0.15) is 4.74 Å². The lowest BCUT2D eigenvalue weighted by atomic mass is 9.87. The van der Waals surface area contributed by atoms with Gasteiger partial charge in [0.1, 0.15) is 0 Å². The summed E-state index contributed by atoms with van der Waals surface area (Å²) in [4.78, 5) is 0. The summed E-state index contributed by atoms with van der Waals surface area (Å²) in [6, 6.07) is 28.2. The number of hydrogen-bond acceptors (Lipinski definition) is 2. The molecule has 26 heavy (non-hydrogen) atoms. The Hall–Kier alpha value is -3.17. The normalized spacial score (nSPS) is 19.9. The second kappa shape index (κ2) is 6.28. The third-order valence-electron chi connectivity index (χ3n) is 4.86. The van der Waals surface area contributed by atoms with Gasteiger partial charge in [0.2, 0.25) is 5.71 Å². The molecule has 0 saturated heterocycles. The highest BCUT2D eigenvalue weighted by Gasteiger charge is 2.52. The first kappa shape index (κ1) is 16.3. The Labute approximate surface area is 152 Å². The van der Waals surface area contributed by atoms with Gasteiger partial charge in [-0.3, -0.25) is 0 Å². The van der Waals surface area contributed by atoms with E-state index in [-0.39, 0.29) is 0 Å². The van der Waals surface area contributed by atoms with Crippen molar-refractivity contribution in [3.05, 3.63) is 118 Å². The van der Waals surface area contributed by atoms with Gasteiger partial charge in [0, 0.05) is 11.1 Å². The predicted octanol–water partition coefficient (Wildman–Crippen LogP) is 4.32. The van der Waals surface area contributed by atoms with Gasteiger partial charge < -0.3 is 10.3 Å². The van der Waals surface area contributed by atoms with Crippen molar-refractivity contribution in [3.8, 4) is 0 Å². The van der Waals surface area contributed by atoms with Crippen LogP contribution < -0.4 is 0 Å². The molecule has 0 spiro atoms. The van der Waals surface area contributed by atoms with E-state index in [4.69, 9.17) is 0 Å². The van der Waals surface area contributed by atoms with Gasteiger partial charge >= 0.3 is 5.72 Å². The van der Waals surface area contributed by atoms with Gasteiger partial charge in [0.25, 0.3) is 0 Å². The van der Waals surface area contributed by atoms with Crippen LogP contribution in [0.4, 0.5) is 0 Å². The van der Waals surface area contributed by atoms with Crippen molar-refractivity contribution in [1.29, 1.82) is 0 Å². The molecule has 128 valence electrons. The largest absolute Gasteiger partial charge is 0.621 e. The molecule has 0 radical (unpaired) electrons. The van der Waals surface area contributed by atoms with E-state index in [0.717, 1.165) is 21.4 Å². The van der Waals surface area contributed by atoms with Crippen LogP contribution in [0, 0.1) is 5.21 Å². The molecular weight excluding hydrogens is 322 g/mol. The maximum absolute atomic E-state index is 13.4. The van der Waals surface area contributed by atoms with Gasteiger partial charge in [-0.15, -0.1) is 0 Å². The van der Waals surface area contributed by atoms with Crippen molar-refractivity contribution in [2.45, 2.75) is 12.6 Å². The molecule has 1 heterocycles. The third kappa shape index (κ3) is 2.37. The molecule has 1 atom stereocenters. The summed E-state index contributed by atoms with van der Waals surface area (Å²) in [5, 5.41) is 25.1. The molecule has 3 heteroatoms. The van der Waals surface area contributed by atoms with Crippen LogP contribution in [0.25, 0.3) is 5.57 Å². The van der Waals surface area contributed by atoms with E-state index in [1.165, 1.54) is 0 Å².